The average Bonchev–Trinajstić information content (AvgIpc) is 3.35. The molecule has 0 amide bonds. The number of allylic oxidation sites excluding steroid dienone is 1. The topological polar surface area (TPSA) is 61.2 Å². The Morgan fingerprint density at radius 1 is 1.03 bits per heavy atom. The second kappa shape index (κ2) is 11.0. The van der Waals surface area contributed by atoms with Crippen molar-refractivity contribution in [2.24, 2.45) is 0 Å². The van der Waals surface area contributed by atoms with Gasteiger partial charge in [-0.05, 0) is 48.9 Å². The third-order valence-electron chi connectivity index (χ3n) is 5.82. The first kappa shape index (κ1) is 24.7. The molecule has 5 rings (SSSR count). The standard InChI is InChI=1S/C30H24N2O3S2/c1-3-17-32-29(34)27-25(21-11-9-20(2)10-12-21)18-36-28(27)31-30(32)37-19-26(33)22-13-15-24(16-14-22)35-23-7-5-4-6-8-23/h3-16,18H,1,17,19H2,2H3. The Bertz CT molecular complexity index is 1620. The molecule has 2 aromatic heterocycles. The van der Waals surface area contributed by atoms with Crippen LogP contribution >= 0.6 is 23.1 Å². The van der Waals surface area contributed by atoms with E-state index in [-0.39, 0.29) is 17.1 Å². The summed E-state index contributed by atoms with van der Waals surface area (Å²) in [6.07, 6.45) is 1.67. The van der Waals surface area contributed by atoms with E-state index in [4.69, 9.17) is 9.72 Å². The summed E-state index contributed by atoms with van der Waals surface area (Å²) >= 11 is 2.70. The number of fused-ring (bicyclic) bond motifs is 1. The predicted molar refractivity (Wildman–Crippen MR) is 152 cm³/mol. The number of hydrogen-bond donors (Lipinski definition) is 0. The highest BCUT2D eigenvalue weighted by Crippen LogP contribution is 2.32. The van der Waals surface area contributed by atoms with Gasteiger partial charge in [-0.3, -0.25) is 14.2 Å². The number of benzene rings is 3. The molecule has 2 heterocycles. The molecule has 0 aliphatic heterocycles. The van der Waals surface area contributed by atoms with E-state index in [9.17, 15) is 9.59 Å². The van der Waals surface area contributed by atoms with Gasteiger partial charge < -0.3 is 4.74 Å². The molecule has 5 aromatic rings. The summed E-state index contributed by atoms with van der Waals surface area (Å²) in [5, 5.41) is 3.08. The molecular weight excluding hydrogens is 500 g/mol. The molecule has 37 heavy (non-hydrogen) atoms. The van der Waals surface area contributed by atoms with E-state index in [1.807, 2.05) is 66.9 Å². The first-order valence-electron chi connectivity index (χ1n) is 11.7. The maximum absolute atomic E-state index is 13.5. The van der Waals surface area contributed by atoms with E-state index >= 15 is 0 Å². The number of ether oxygens (including phenoxy) is 1. The van der Waals surface area contributed by atoms with Gasteiger partial charge in [-0.25, -0.2) is 4.98 Å². The Labute approximate surface area is 223 Å². The highest BCUT2D eigenvalue weighted by Gasteiger charge is 2.18. The van der Waals surface area contributed by atoms with Crippen molar-refractivity contribution < 1.29 is 9.53 Å². The number of ketones is 1. The molecule has 0 unspecified atom stereocenters. The van der Waals surface area contributed by atoms with E-state index in [0.717, 1.165) is 22.4 Å². The molecule has 0 atom stereocenters. The predicted octanol–water partition coefficient (Wildman–Crippen LogP) is 7.39. The van der Waals surface area contributed by atoms with Gasteiger partial charge in [-0.1, -0.05) is 65.9 Å². The molecule has 0 saturated carbocycles. The van der Waals surface area contributed by atoms with E-state index < -0.39 is 0 Å². The van der Waals surface area contributed by atoms with Crippen molar-refractivity contribution in [2.45, 2.75) is 18.6 Å². The molecule has 0 saturated heterocycles. The monoisotopic (exact) mass is 524 g/mol. The zero-order valence-electron chi connectivity index (χ0n) is 20.2. The van der Waals surface area contributed by atoms with Crippen molar-refractivity contribution in [1.29, 1.82) is 0 Å². The van der Waals surface area contributed by atoms with Gasteiger partial charge in [0.05, 0.1) is 11.1 Å². The quantitative estimate of drug-likeness (QED) is 0.0871. The summed E-state index contributed by atoms with van der Waals surface area (Å²) in [6.45, 7) is 6.15. The van der Waals surface area contributed by atoms with Crippen molar-refractivity contribution in [3.05, 3.63) is 118 Å². The van der Waals surface area contributed by atoms with Crippen LogP contribution in [0.1, 0.15) is 15.9 Å². The maximum Gasteiger partial charge on any atom is 0.263 e. The number of carbonyl (C=O) groups is 1. The van der Waals surface area contributed by atoms with Gasteiger partial charge in [0.2, 0.25) is 0 Å². The van der Waals surface area contributed by atoms with Crippen LogP contribution in [0.2, 0.25) is 0 Å². The first-order chi connectivity index (χ1) is 18.0. The van der Waals surface area contributed by atoms with Crippen molar-refractivity contribution in [3.8, 4) is 22.6 Å². The zero-order chi connectivity index (χ0) is 25.8. The van der Waals surface area contributed by atoms with E-state index in [2.05, 4.69) is 6.58 Å². The van der Waals surface area contributed by atoms with Gasteiger partial charge in [0.1, 0.15) is 16.3 Å². The summed E-state index contributed by atoms with van der Waals surface area (Å²) in [7, 11) is 0. The molecule has 0 N–H and O–H groups in total. The van der Waals surface area contributed by atoms with Crippen LogP contribution in [0.4, 0.5) is 0 Å². The van der Waals surface area contributed by atoms with Gasteiger partial charge in [-0.2, -0.15) is 0 Å². The summed E-state index contributed by atoms with van der Waals surface area (Å²) in [6, 6.07) is 24.6. The van der Waals surface area contributed by atoms with Crippen LogP contribution in [-0.2, 0) is 6.54 Å². The number of para-hydroxylation sites is 1. The van der Waals surface area contributed by atoms with Crippen LogP contribution in [0.15, 0.2) is 107 Å². The smallest absolute Gasteiger partial charge is 0.263 e. The van der Waals surface area contributed by atoms with E-state index in [1.165, 1.54) is 23.1 Å². The number of aryl methyl sites for hydroxylation is 1. The number of thiophene rings is 1. The highest BCUT2D eigenvalue weighted by atomic mass is 32.2. The molecule has 0 aliphatic rings. The number of rotatable bonds is 9. The molecule has 0 bridgehead atoms. The SMILES string of the molecule is C=CCn1c(SCC(=O)c2ccc(Oc3ccccc3)cc2)nc2scc(-c3ccc(C)cc3)c2c1=O. The fourth-order valence-electron chi connectivity index (χ4n) is 3.90. The summed E-state index contributed by atoms with van der Waals surface area (Å²) in [5.74, 6) is 1.49. The molecule has 0 spiro atoms. The normalized spacial score (nSPS) is 10.9. The minimum absolute atomic E-state index is 0.0534. The minimum Gasteiger partial charge on any atom is -0.457 e. The lowest BCUT2D eigenvalue weighted by molar-refractivity contribution is 0.102. The summed E-state index contributed by atoms with van der Waals surface area (Å²) in [4.78, 5) is 31.9. The van der Waals surface area contributed by atoms with Crippen molar-refractivity contribution >= 4 is 39.1 Å². The maximum atomic E-state index is 13.5. The third-order valence-corrected chi connectivity index (χ3v) is 7.67. The van der Waals surface area contributed by atoms with Crippen LogP contribution in [0.25, 0.3) is 21.3 Å². The second-order valence-electron chi connectivity index (χ2n) is 8.45. The van der Waals surface area contributed by atoms with Crippen molar-refractivity contribution in [3.63, 3.8) is 0 Å². The number of hydrogen-bond acceptors (Lipinski definition) is 6. The van der Waals surface area contributed by atoms with E-state index in [0.29, 0.717) is 33.2 Å². The molecule has 0 aliphatic carbocycles. The minimum atomic E-state index is -0.126. The van der Waals surface area contributed by atoms with E-state index in [1.54, 1.807) is 34.9 Å². The van der Waals surface area contributed by atoms with Crippen molar-refractivity contribution in [2.75, 3.05) is 5.75 Å². The largest absolute Gasteiger partial charge is 0.457 e. The number of nitrogens with zero attached hydrogens (tertiary/aromatic N) is 2. The van der Waals surface area contributed by atoms with Gasteiger partial charge in [0, 0.05) is 23.1 Å². The number of thioether (sulfide) groups is 1. The lowest BCUT2D eigenvalue weighted by atomic mass is 10.1. The molecule has 3 aromatic carbocycles. The number of Topliss-reactive ketones (excluding diaryl/α,β-unsaturated/α-hetero) is 1. The Morgan fingerprint density at radius 3 is 2.43 bits per heavy atom. The average molecular weight is 525 g/mol. The Kier molecular flexibility index (Phi) is 7.35. The lowest BCUT2D eigenvalue weighted by Crippen LogP contribution is -2.23. The first-order valence-corrected chi connectivity index (χ1v) is 13.6. The van der Waals surface area contributed by atoms with Gasteiger partial charge >= 0.3 is 0 Å². The molecule has 0 radical (unpaired) electrons. The van der Waals surface area contributed by atoms with Crippen LogP contribution in [0.5, 0.6) is 11.5 Å². The number of aromatic nitrogens is 2. The summed E-state index contributed by atoms with van der Waals surface area (Å²) < 4.78 is 7.40. The fraction of sp³-hybridized carbons (Fsp3) is 0.100. The zero-order valence-corrected chi connectivity index (χ0v) is 21.9. The Hall–Kier alpha value is -3.94. The molecular formula is C30H24N2O3S2. The second-order valence-corrected chi connectivity index (χ2v) is 10.2. The molecule has 0 fully saturated rings. The third kappa shape index (κ3) is 5.43. The molecule has 7 heteroatoms. The summed E-state index contributed by atoms with van der Waals surface area (Å²) in [5.41, 5.74) is 3.47. The highest BCUT2D eigenvalue weighted by molar-refractivity contribution is 7.99. The molecule has 184 valence electrons. The van der Waals surface area contributed by atoms with Crippen LogP contribution in [0, 0.1) is 6.92 Å². The van der Waals surface area contributed by atoms with Crippen LogP contribution < -0.4 is 10.3 Å². The number of carbonyl (C=O) groups excluding carboxylic acids is 1. The Morgan fingerprint density at radius 2 is 1.73 bits per heavy atom. The van der Waals surface area contributed by atoms with Gasteiger partial charge in [-0.15, -0.1) is 17.9 Å². The molecule has 5 nitrogen and oxygen atoms in total. The fourth-order valence-corrected chi connectivity index (χ4v) is 5.79. The van der Waals surface area contributed by atoms with Crippen molar-refractivity contribution in [1.82, 2.24) is 9.55 Å². The Balaban J connectivity index is 1.37. The van der Waals surface area contributed by atoms with Gasteiger partial charge in [0.15, 0.2) is 10.9 Å². The lowest BCUT2D eigenvalue weighted by Gasteiger charge is -2.11. The van der Waals surface area contributed by atoms with Crippen LogP contribution in [0.3, 0.4) is 0 Å². The van der Waals surface area contributed by atoms with Crippen LogP contribution in [-0.4, -0.2) is 21.1 Å². The van der Waals surface area contributed by atoms with Gasteiger partial charge in [0.25, 0.3) is 5.56 Å².